The fraction of sp³-hybridized carbons (Fsp3) is 0.308. The van der Waals surface area contributed by atoms with Crippen LogP contribution in [-0.4, -0.2) is 34.0 Å². The third kappa shape index (κ3) is 3.53. The minimum absolute atomic E-state index is 0.0978. The molecule has 8 nitrogen and oxygen atoms in total. The molecular weight excluding hydrogens is 304 g/mol. The van der Waals surface area contributed by atoms with E-state index in [9.17, 15) is 10.1 Å². The summed E-state index contributed by atoms with van der Waals surface area (Å²) in [5.41, 5.74) is 2.14. The minimum Gasteiger partial charge on any atom is -0.367 e. The maximum Gasteiger partial charge on any atom is 0.236 e. The zero-order chi connectivity index (χ0) is 16.1. The first-order valence-electron chi connectivity index (χ1n) is 6.36. The molecule has 9 heteroatoms. The van der Waals surface area contributed by atoms with Gasteiger partial charge < -0.3 is 10.6 Å². The van der Waals surface area contributed by atoms with Crippen LogP contribution in [0.25, 0.3) is 0 Å². The quantitative estimate of drug-likeness (QED) is 0.800. The highest BCUT2D eigenvalue weighted by atomic mass is 32.2. The van der Waals surface area contributed by atoms with Crippen molar-refractivity contribution in [3.63, 3.8) is 0 Å². The summed E-state index contributed by atoms with van der Waals surface area (Å²) >= 11 is 1.20. The predicted octanol–water partition coefficient (Wildman–Crippen LogP) is 1.73. The minimum atomic E-state index is -0.290. The lowest BCUT2D eigenvalue weighted by molar-refractivity contribution is -0.113. The van der Waals surface area contributed by atoms with Crippen molar-refractivity contribution in [2.24, 2.45) is 0 Å². The van der Waals surface area contributed by atoms with Crippen molar-refractivity contribution < 1.29 is 9.42 Å². The number of rotatable bonds is 5. The zero-order valence-electron chi connectivity index (χ0n) is 12.3. The Labute approximate surface area is 131 Å². The van der Waals surface area contributed by atoms with Gasteiger partial charge in [0.25, 0.3) is 0 Å². The summed E-state index contributed by atoms with van der Waals surface area (Å²) in [6.07, 6.45) is 0. The topological polar surface area (TPSA) is 117 Å². The largest absolute Gasteiger partial charge is 0.367 e. The number of carbonyl (C=O) groups is 1. The number of aromatic nitrogens is 3. The second-order valence-electron chi connectivity index (χ2n) is 4.42. The molecule has 0 aliphatic rings. The molecule has 0 aliphatic carbocycles. The van der Waals surface area contributed by atoms with Gasteiger partial charge in [0.15, 0.2) is 0 Å². The van der Waals surface area contributed by atoms with Gasteiger partial charge in [0, 0.05) is 12.7 Å². The molecule has 0 aromatic carbocycles. The highest BCUT2D eigenvalue weighted by Crippen LogP contribution is 2.24. The van der Waals surface area contributed by atoms with Gasteiger partial charge >= 0.3 is 0 Å². The van der Waals surface area contributed by atoms with Gasteiger partial charge in [-0.2, -0.15) is 5.26 Å². The molecule has 0 spiro atoms. The molecule has 0 saturated heterocycles. The van der Waals surface area contributed by atoms with Crippen molar-refractivity contribution in [1.82, 2.24) is 15.3 Å². The summed E-state index contributed by atoms with van der Waals surface area (Å²) in [5, 5.41) is 22.2. The normalized spacial score (nSPS) is 10.1. The van der Waals surface area contributed by atoms with Crippen LogP contribution in [0.1, 0.15) is 16.8 Å². The van der Waals surface area contributed by atoms with E-state index in [1.807, 2.05) is 19.9 Å². The standard InChI is InChI=1S/C13H14N6O2S/c1-7-4-8(2)16-13(9(7)5-14)22-6-10(20)17-12-11(15-3)18-21-19-12/h4H,6H2,1-3H3,(H,15,18)(H,17,19,20). The van der Waals surface area contributed by atoms with Gasteiger partial charge in [0.2, 0.25) is 17.5 Å². The summed E-state index contributed by atoms with van der Waals surface area (Å²) in [6.45, 7) is 3.69. The fourth-order valence-electron chi connectivity index (χ4n) is 1.78. The number of nitrogens with zero attached hydrogens (tertiary/aromatic N) is 4. The van der Waals surface area contributed by atoms with Gasteiger partial charge in [-0.25, -0.2) is 9.61 Å². The van der Waals surface area contributed by atoms with E-state index >= 15 is 0 Å². The summed E-state index contributed by atoms with van der Waals surface area (Å²) < 4.78 is 4.53. The number of aryl methyl sites for hydroxylation is 2. The predicted molar refractivity (Wildman–Crippen MR) is 81.6 cm³/mol. The SMILES string of the molecule is CNc1nonc1NC(=O)CSc1nc(C)cc(C)c1C#N. The molecule has 0 fully saturated rings. The van der Waals surface area contributed by atoms with E-state index < -0.39 is 0 Å². The Kier molecular flexibility index (Phi) is 4.95. The van der Waals surface area contributed by atoms with Gasteiger partial charge in [0.1, 0.15) is 11.1 Å². The molecule has 0 aliphatic heterocycles. The molecule has 1 amide bonds. The lowest BCUT2D eigenvalue weighted by Crippen LogP contribution is -2.15. The molecule has 2 N–H and O–H groups in total. The Bertz CT molecular complexity index is 737. The van der Waals surface area contributed by atoms with Gasteiger partial charge in [0.05, 0.1) is 11.3 Å². The first-order chi connectivity index (χ1) is 10.5. The number of hydrogen-bond acceptors (Lipinski definition) is 8. The van der Waals surface area contributed by atoms with Crippen LogP contribution in [0, 0.1) is 25.2 Å². The Morgan fingerprint density at radius 2 is 2.14 bits per heavy atom. The summed E-state index contributed by atoms with van der Waals surface area (Å²) in [7, 11) is 1.64. The van der Waals surface area contributed by atoms with E-state index in [0.717, 1.165) is 11.3 Å². The number of amides is 1. The smallest absolute Gasteiger partial charge is 0.236 e. The summed E-state index contributed by atoms with van der Waals surface area (Å²) in [5.74, 6) is 0.380. The van der Waals surface area contributed by atoms with Crippen molar-refractivity contribution in [2.45, 2.75) is 18.9 Å². The molecule has 2 heterocycles. The summed E-state index contributed by atoms with van der Waals surface area (Å²) in [6, 6.07) is 3.95. The highest BCUT2D eigenvalue weighted by Gasteiger charge is 2.14. The van der Waals surface area contributed by atoms with E-state index in [1.165, 1.54) is 11.8 Å². The molecule has 0 radical (unpaired) electrons. The Morgan fingerprint density at radius 1 is 1.41 bits per heavy atom. The molecule has 0 unspecified atom stereocenters. The number of carbonyl (C=O) groups excluding carboxylic acids is 1. The molecule has 0 bridgehead atoms. The van der Waals surface area contributed by atoms with Crippen molar-refractivity contribution in [2.75, 3.05) is 23.4 Å². The second-order valence-corrected chi connectivity index (χ2v) is 5.38. The Hall–Kier alpha value is -2.60. The number of pyridine rings is 1. The lowest BCUT2D eigenvalue weighted by Gasteiger charge is -2.07. The van der Waals surface area contributed by atoms with Crippen LogP contribution < -0.4 is 10.6 Å². The van der Waals surface area contributed by atoms with Crippen LogP contribution in [0.5, 0.6) is 0 Å². The van der Waals surface area contributed by atoms with Gasteiger partial charge in [-0.15, -0.1) is 0 Å². The van der Waals surface area contributed by atoms with Crippen LogP contribution >= 0.6 is 11.8 Å². The molecule has 2 aromatic rings. The van der Waals surface area contributed by atoms with Gasteiger partial charge in [-0.3, -0.25) is 4.79 Å². The molecular formula is C13H14N6O2S. The van der Waals surface area contributed by atoms with Crippen LogP contribution in [0.2, 0.25) is 0 Å². The summed E-state index contributed by atoms with van der Waals surface area (Å²) in [4.78, 5) is 16.3. The molecule has 0 saturated carbocycles. The highest BCUT2D eigenvalue weighted by molar-refractivity contribution is 8.00. The monoisotopic (exact) mass is 318 g/mol. The van der Waals surface area contributed by atoms with E-state index in [1.54, 1.807) is 7.05 Å². The third-order valence-corrected chi connectivity index (χ3v) is 3.72. The first kappa shape index (κ1) is 15.8. The molecule has 22 heavy (non-hydrogen) atoms. The van der Waals surface area contributed by atoms with Crippen LogP contribution in [0.3, 0.4) is 0 Å². The number of hydrogen-bond donors (Lipinski definition) is 2. The van der Waals surface area contributed by atoms with E-state index in [0.29, 0.717) is 16.4 Å². The van der Waals surface area contributed by atoms with E-state index in [4.69, 9.17) is 0 Å². The van der Waals surface area contributed by atoms with Crippen molar-refractivity contribution in [1.29, 1.82) is 5.26 Å². The zero-order valence-corrected chi connectivity index (χ0v) is 13.1. The molecule has 2 rings (SSSR count). The maximum atomic E-state index is 11.9. The number of nitrogens with one attached hydrogen (secondary N) is 2. The van der Waals surface area contributed by atoms with E-state index in [2.05, 4.69) is 36.6 Å². The lowest BCUT2D eigenvalue weighted by atomic mass is 10.1. The maximum absolute atomic E-state index is 11.9. The van der Waals surface area contributed by atoms with E-state index in [-0.39, 0.29) is 17.5 Å². The number of nitriles is 1. The van der Waals surface area contributed by atoms with Crippen molar-refractivity contribution in [3.8, 4) is 6.07 Å². The molecule has 114 valence electrons. The van der Waals surface area contributed by atoms with Crippen LogP contribution in [0.4, 0.5) is 11.6 Å². The Balaban J connectivity index is 2.04. The fourth-order valence-corrected chi connectivity index (χ4v) is 2.68. The first-order valence-corrected chi connectivity index (χ1v) is 7.35. The molecule has 2 aromatic heterocycles. The van der Waals surface area contributed by atoms with Gasteiger partial charge in [-0.1, -0.05) is 11.8 Å². The number of anilines is 2. The number of thioether (sulfide) groups is 1. The average Bonchev–Trinajstić information content (AvgIpc) is 2.91. The Morgan fingerprint density at radius 3 is 2.82 bits per heavy atom. The average molecular weight is 318 g/mol. The van der Waals surface area contributed by atoms with Crippen LogP contribution in [0.15, 0.2) is 15.7 Å². The molecule has 0 atom stereocenters. The van der Waals surface area contributed by atoms with Crippen molar-refractivity contribution in [3.05, 3.63) is 22.9 Å². The third-order valence-electron chi connectivity index (χ3n) is 2.75. The second kappa shape index (κ2) is 6.91. The van der Waals surface area contributed by atoms with Gasteiger partial charge in [-0.05, 0) is 35.8 Å². The van der Waals surface area contributed by atoms with Crippen LogP contribution in [-0.2, 0) is 4.79 Å². The van der Waals surface area contributed by atoms with Crippen molar-refractivity contribution >= 4 is 29.3 Å².